The Morgan fingerprint density at radius 3 is 2.94 bits per heavy atom. The topological polar surface area (TPSA) is 38.1 Å². The molecule has 1 aliphatic rings. The second kappa shape index (κ2) is 5.00. The summed E-state index contributed by atoms with van der Waals surface area (Å²) in [6, 6.07) is 3.09. The number of rotatable bonds is 4. The molecule has 0 radical (unpaired) electrons. The monoisotopic (exact) mass is 235 g/mol. The molecule has 0 aromatic carbocycles. The molecule has 4 heteroatoms. The average molecular weight is 235 g/mol. The van der Waals surface area contributed by atoms with E-state index in [-0.39, 0.29) is 0 Å². The highest BCUT2D eigenvalue weighted by Crippen LogP contribution is 2.22. The van der Waals surface area contributed by atoms with Crippen molar-refractivity contribution in [3.05, 3.63) is 17.5 Å². The molecule has 0 aliphatic carbocycles. The minimum Gasteiger partial charge on any atom is -0.298 e. The smallest absolute Gasteiger partial charge is 0.168 e. The van der Waals surface area contributed by atoms with Crippen LogP contribution in [0.4, 0.5) is 0 Å². The third kappa shape index (κ3) is 2.57. The second-order valence-electron chi connectivity index (χ2n) is 5.13. The van der Waals surface area contributed by atoms with Crippen molar-refractivity contribution in [3.63, 3.8) is 0 Å². The van der Waals surface area contributed by atoms with Crippen LogP contribution >= 0.6 is 0 Å². The predicted molar refractivity (Wildman–Crippen MR) is 67.2 cm³/mol. The summed E-state index contributed by atoms with van der Waals surface area (Å²) in [4.78, 5) is 13.3. The first-order valence-electron chi connectivity index (χ1n) is 6.35. The third-order valence-corrected chi connectivity index (χ3v) is 3.62. The van der Waals surface area contributed by atoms with E-state index in [2.05, 4.69) is 23.8 Å². The van der Waals surface area contributed by atoms with Crippen LogP contribution in [0.3, 0.4) is 0 Å². The molecule has 1 saturated heterocycles. The largest absolute Gasteiger partial charge is 0.298 e. The van der Waals surface area contributed by atoms with Gasteiger partial charge in [0.15, 0.2) is 6.29 Å². The molecular weight excluding hydrogens is 214 g/mol. The van der Waals surface area contributed by atoms with Gasteiger partial charge in [0.2, 0.25) is 0 Å². The van der Waals surface area contributed by atoms with Crippen LogP contribution in [0.1, 0.15) is 42.9 Å². The number of nitrogens with zero attached hydrogens (tertiary/aromatic N) is 3. The van der Waals surface area contributed by atoms with Gasteiger partial charge in [-0.15, -0.1) is 0 Å². The van der Waals surface area contributed by atoms with E-state index in [0.717, 1.165) is 18.4 Å². The van der Waals surface area contributed by atoms with Crippen molar-refractivity contribution in [2.45, 2.75) is 45.2 Å². The van der Waals surface area contributed by atoms with Gasteiger partial charge < -0.3 is 0 Å². The molecule has 4 nitrogen and oxygen atoms in total. The normalized spacial score (nSPS) is 21.3. The summed E-state index contributed by atoms with van der Waals surface area (Å²) in [5.41, 5.74) is 1.70. The van der Waals surface area contributed by atoms with E-state index >= 15 is 0 Å². The molecule has 94 valence electrons. The van der Waals surface area contributed by atoms with Gasteiger partial charge >= 0.3 is 0 Å². The second-order valence-corrected chi connectivity index (χ2v) is 5.13. The fourth-order valence-electron chi connectivity index (χ4n) is 2.75. The van der Waals surface area contributed by atoms with Crippen molar-refractivity contribution in [2.24, 2.45) is 7.05 Å². The molecule has 1 aromatic heterocycles. The van der Waals surface area contributed by atoms with Crippen molar-refractivity contribution in [3.8, 4) is 0 Å². The van der Waals surface area contributed by atoms with E-state index in [9.17, 15) is 4.79 Å². The Kier molecular flexibility index (Phi) is 3.62. The fraction of sp³-hybridized carbons (Fsp3) is 0.692. The van der Waals surface area contributed by atoms with Crippen LogP contribution in [0.2, 0.25) is 0 Å². The number of hydrogen-bond acceptors (Lipinski definition) is 3. The first kappa shape index (κ1) is 12.3. The molecule has 0 N–H and O–H groups in total. The molecule has 1 aliphatic heterocycles. The zero-order valence-corrected chi connectivity index (χ0v) is 10.9. The van der Waals surface area contributed by atoms with Gasteiger partial charge in [-0.2, -0.15) is 5.10 Å². The summed E-state index contributed by atoms with van der Waals surface area (Å²) in [7, 11) is 1.82. The SMILES string of the molecule is CC(C)N1CCCC1Cc1cc(C=O)n(C)n1. The van der Waals surface area contributed by atoms with Crippen molar-refractivity contribution >= 4 is 6.29 Å². The number of aromatic nitrogens is 2. The number of carbonyl (C=O) groups excluding carboxylic acids is 1. The van der Waals surface area contributed by atoms with E-state index in [1.165, 1.54) is 19.4 Å². The zero-order chi connectivity index (χ0) is 12.4. The fourth-order valence-corrected chi connectivity index (χ4v) is 2.75. The first-order chi connectivity index (χ1) is 8.11. The van der Waals surface area contributed by atoms with E-state index < -0.39 is 0 Å². The van der Waals surface area contributed by atoms with Gasteiger partial charge in [0.05, 0.1) is 5.69 Å². The number of aryl methyl sites for hydroxylation is 1. The number of likely N-dealkylation sites (tertiary alicyclic amines) is 1. The molecule has 0 saturated carbocycles. The maximum absolute atomic E-state index is 10.8. The van der Waals surface area contributed by atoms with Crippen LogP contribution in [-0.2, 0) is 13.5 Å². The molecule has 1 atom stereocenters. The van der Waals surface area contributed by atoms with Crippen LogP contribution in [0.25, 0.3) is 0 Å². The molecule has 1 fully saturated rings. The summed E-state index contributed by atoms with van der Waals surface area (Å²) in [5, 5.41) is 4.40. The maximum atomic E-state index is 10.8. The molecular formula is C13H21N3O. The van der Waals surface area contributed by atoms with Crippen LogP contribution in [0.15, 0.2) is 6.07 Å². The standard InChI is InChI=1S/C13H21N3O/c1-10(2)16-6-4-5-12(16)7-11-8-13(9-17)15(3)14-11/h8-10,12H,4-7H2,1-3H3. The Morgan fingerprint density at radius 1 is 1.59 bits per heavy atom. The van der Waals surface area contributed by atoms with E-state index in [1.807, 2.05) is 13.1 Å². The van der Waals surface area contributed by atoms with Crippen molar-refractivity contribution in [2.75, 3.05) is 6.54 Å². The number of hydrogen-bond donors (Lipinski definition) is 0. The zero-order valence-electron chi connectivity index (χ0n) is 10.9. The first-order valence-corrected chi connectivity index (χ1v) is 6.35. The molecule has 0 bridgehead atoms. The van der Waals surface area contributed by atoms with Gasteiger partial charge in [-0.1, -0.05) is 0 Å². The molecule has 1 aromatic rings. The van der Waals surface area contributed by atoms with Crippen LogP contribution in [0, 0.1) is 0 Å². The lowest BCUT2D eigenvalue weighted by atomic mass is 10.1. The minimum absolute atomic E-state index is 0.587. The van der Waals surface area contributed by atoms with E-state index in [0.29, 0.717) is 17.8 Å². The predicted octanol–water partition coefficient (Wildman–Crippen LogP) is 1.65. The average Bonchev–Trinajstić information content (AvgIpc) is 2.85. The lowest BCUT2D eigenvalue weighted by molar-refractivity contribution is 0.111. The maximum Gasteiger partial charge on any atom is 0.168 e. The van der Waals surface area contributed by atoms with Gasteiger partial charge in [0, 0.05) is 25.6 Å². The summed E-state index contributed by atoms with van der Waals surface area (Å²) in [6.07, 6.45) is 4.34. The summed E-state index contributed by atoms with van der Waals surface area (Å²) >= 11 is 0. The molecule has 0 spiro atoms. The summed E-state index contributed by atoms with van der Waals surface area (Å²) in [6.45, 7) is 5.68. The Hall–Kier alpha value is -1.16. The van der Waals surface area contributed by atoms with Crippen molar-refractivity contribution in [1.82, 2.24) is 14.7 Å². The van der Waals surface area contributed by atoms with Crippen LogP contribution in [-0.4, -0.2) is 39.6 Å². The van der Waals surface area contributed by atoms with Gasteiger partial charge in [-0.25, -0.2) is 0 Å². The van der Waals surface area contributed by atoms with Gasteiger partial charge in [0.25, 0.3) is 0 Å². The van der Waals surface area contributed by atoms with Gasteiger partial charge in [0.1, 0.15) is 5.69 Å². The molecule has 1 unspecified atom stereocenters. The van der Waals surface area contributed by atoms with Crippen LogP contribution in [0.5, 0.6) is 0 Å². The highest BCUT2D eigenvalue weighted by Gasteiger charge is 2.27. The highest BCUT2D eigenvalue weighted by molar-refractivity contribution is 5.72. The van der Waals surface area contributed by atoms with Gasteiger partial charge in [-0.3, -0.25) is 14.4 Å². The quantitative estimate of drug-likeness (QED) is 0.745. The van der Waals surface area contributed by atoms with Crippen LogP contribution < -0.4 is 0 Å². The Morgan fingerprint density at radius 2 is 2.35 bits per heavy atom. The number of aldehydes is 1. The van der Waals surface area contributed by atoms with E-state index in [4.69, 9.17) is 0 Å². The number of carbonyl (C=O) groups is 1. The Bertz CT molecular complexity index is 397. The molecule has 2 rings (SSSR count). The molecule has 2 heterocycles. The minimum atomic E-state index is 0.587. The molecule has 0 amide bonds. The van der Waals surface area contributed by atoms with Gasteiger partial charge in [-0.05, 0) is 39.3 Å². The summed E-state index contributed by atoms with van der Waals surface area (Å²) in [5.74, 6) is 0. The van der Waals surface area contributed by atoms with Crippen molar-refractivity contribution < 1.29 is 4.79 Å². The highest BCUT2D eigenvalue weighted by atomic mass is 16.1. The lowest BCUT2D eigenvalue weighted by Crippen LogP contribution is -2.36. The van der Waals surface area contributed by atoms with E-state index in [1.54, 1.807) is 4.68 Å². The lowest BCUT2D eigenvalue weighted by Gasteiger charge is -2.27. The molecule has 17 heavy (non-hydrogen) atoms. The third-order valence-electron chi connectivity index (χ3n) is 3.62. The Labute approximate surface area is 103 Å². The Balaban J connectivity index is 2.07. The summed E-state index contributed by atoms with van der Waals surface area (Å²) < 4.78 is 1.66. The van der Waals surface area contributed by atoms with Crippen molar-refractivity contribution in [1.29, 1.82) is 0 Å².